The van der Waals surface area contributed by atoms with Crippen LogP contribution in [0.1, 0.15) is 33.3 Å². The molecule has 0 fully saturated rings. The summed E-state index contributed by atoms with van der Waals surface area (Å²) >= 11 is 0. The standard InChI is InChI=1S/C16H19NO4/c1-9(2)17-15(19)13(14(18)16(17)20)11-5-7-12(8-6-11)21-10(3)4/h5-10,18H,1-4H3. The monoisotopic (exact) mass is 289 g/mol. The summed E-state index contributed by atoms with van der Waals surface area (Å²) in [5.74, 6) is -0.935. The van der Waals surface area contributed by atoms with Crippen molar-refractivity contribution in [2.75, 3.05) is 0 Å². The van der Waals surface area contributed by atoms with E-state index in [4.69, 9.17) is 4.74 Å². The first kappa shape index (κ1) is 15.1. The minimum absolute atomic E-state index is 0.0461. The fourth-order valence-corrected chi connectivity index (χ4v) is 2.24. The predicted molar refractivity (Wildman–Crippen MR) is 78.7 cm³/mol. The van der Waals surface area contributed by atoms with Crippen LogP contribution in [0.5, 0.6) is 5.75 Å². The van der Waals surface area contributed by atoms with E-state index in [0.29, 0.717) is 11.3 Å². The molecule has 0 atom stereocenters. The number of aliphatic hydroxyl groups excluding tert-OH is 1. The summed E-state index contributed by atoms with van der Waals surface area (Å²) in [7, 11) is 0. The van der Waals surface area contributed by atoms with Gasteiger partial charge in [0.25, 0.3) is 11.8 Å². The highest BCUT2D eigenvalue weighted by Crippen LogP contribution is 2.30. The highest BCUT2D eigenvalue weighted by molar-refractivity contribution is 6.35. The van der Waals surface area contributed by atoms with Gasteiger partial charge in [-0.15, -0.1) is 0 Å². The third-order valence-electron chi connectivity index (χ3n) is 3.12. The first-order valence-electron chi connectivity index (χ1n) is 6.91. The van der Waals surface area contributed by atoms with Gasteiger partial charge in [-0.3, -0.25) is 14.5 Å². The number of rotatable bonds is 4. The van der Waals surface area contributed by atoms with Gasteiger partial charge in [-0.05, 0) is 45.4 Å². The second-order valence-electron chi connectivity index (χ2n) is 5.49. The topological polar surface area (TPSA) is 66.8 Å². The van der Waals surface area contributed by atoms with E-state index in [1.165, 1.54) is 0 Å². The largest absolute Gasteiger partial charge is 0.502 e. The van der Waals surface area contributed by atoms with Crippen molar-refractivity contribution in [3.8, 4) is 5.75 Å². The number of ether oxygens (including phenoxy) is 1. The summed E-state index contributed by atoms with van der Waals surface area (Å²) in [6.45, 7) is 7.29. The van der Waals surface area contributed by atoms with E-state index in [0.717, 1.165) is 4.90 Å². The summed E-state index contributed by atoms with van der Waals surface area (Å²) in [6.07, 6.45) is 0.0505. The van der Waals surface area contributed by atoms with Crippen molar-refractivity contribution in [2.24, 2.45) is 0 Å². The van der Waals surface area contributed by atoms with Crippen LogP contribution in [-0.2, 0) is 9.59 Å². The maximum absolute atomic E-state index is 12.3. The maximum atomic E-state index is 12.3. The molecule has 1 N–H and O–H groups in total. The second-order valence-corrected chi connectivity index (χ2v) is 5.49. The Labute approximate surface area is 123 Å². The van der Waals surface area contributed by atoms with Gasteiger partial charge < -0.3 is 9.84 Å². The summed E-state index contributed by atoms with van der Waals surface area (Å²) in [4.78, 5) is 25.3. The van der Waals surface area contributed by atoms with Gasteiger partial charge in [0.2, 0.25) is 0 Å². The van der Waals surface area contributed by atoms with Gasteiger partial charge >= 0.3 is 0 Å². The molecule has 2 amide bonds. The zero-order chi connectivity index (χ0) is 15.7. The van der Waals surface area contributed by atoms with Crippen LogP contribution in [0.2, 0.25) is 0 Å². The zero-order valence-corrected chi connectivity index (χ0v) is 12.6. The van der Waals surface area contributed by atoms with Crippen LogP contribution in [0.15, 0.2) is 30.0 Å². The molecule has 0 saturated heterocycles. The lowest BCUT2D eigenvalue weighted by Gasteiger charge is -2.18. The first-order valence-corrected chi connectivity index (χ1v) is 6.91. The van der Waals surface area contributed by atoms with E-state index in [-0.39, 0.29) is 17.7 Å². The van der Waals surface area contributed by atoms with Crippen LogP contribution in [0.3, 0.4) is 0 Å². The molecule has 1 heterocycles. The Bertz CT molecular complexity index is 599. The Balaban J connectivity index is 2.33. The van der Waals surface area contributed by atoms with E-state index >= 15 is 0 Å². The van der Waals surface area contributed by atoms with E-state index in [9.17, 15) is 14.7 Å². The van der Waals surface area contributed by atoms with Crippen LogP contribution in [0.4, 0.5) is 0 Å². The zero-order valence-electron chi connectivity index (χ0n) is 12.6. The third-order valence-corrected chi connectivity index (χ3v) is 3.12. The quantitative estimate of drug-likeness (QED) is 0.865. The lowest BCUT2D eigenvalue weighted by atomic mass is 10.1. The Morgan fingerprint density at radius 2 is 1.57 bits per heavy atom. The predicted octanol–water partition coefficient (Wildman–Crippen LogP) is 2.52. The highest BCUT2D eigenvalue weighted by atomic mass is 16.5. The van der Waals surface area contributed by atoms with Crippen LogP contribution < -0.4 is 4.74 Å². The number of imide groups is 1. The minimum Gasteiger partial charge on any atom is -0.502 e. The van der Waals surface area contributed by atoms with Gasteiger partial charge in [0.15, 0.2) is 5.76 Å². The molecule has 0 spiro atoms. The fraction of sp³-hybridized carbons (Fsp3) is 0.375. The van der Waals surface area contributed by atoms with Gasteiger partial charge in [0.1, 0.15) is 5.75 Å². The van der Waals surface area contributed by atoms with Crippen molar-refractivity contribution in [3.05, 3.63) is 35.6 Å². The van der Waals surface area contributed by atoms with E-state index < -0.39 is 17.6 Å². The van der Waals surface area contributed by atoms with Gasteiger partial charge in [-0.25, -0.2) is 0 Å². The number of hydrogen-bond donors (Lipinski definition) is 1. The smallest absolute Gasteiger partial charge is 0.296 e. The van der Waals surface area contributed by atoms with Crippen LogP contribution in [0, 0.1) is 0 Å². The molecule has 21 heavy (non-hydrogen) atoms. The maximum Gasteiger partial charge on any atom is 0.296 e. The number of hydrogen-bond acceptors (Lipinski definition) is 4. The average molecular weight is 289 g/mol. The van der Waals surface area contributed by atoms with Crippen LogP contribution >= 0.6 is 0 Å². The summed E-state index contributed by atoms with van der Waals surface area (Å²) < 4.78 is 5.53. The molecule has 0 saturated carbocycles. The molecule has 1 aromatic rings. The number of amides is 2. The molecule has 5 nitrogen and oxygen atoms in total. The lowest BCUT2D eigenvalue weighted by Crippen LogP contribution is -2.37. The molecular weight excluding hydrogens is 270 g/mol. The number of benzene rings is 1. The molecule has 0 radical (unpaired) electrons. The normalized spacial score (nSPS) is 15.6. The molecule has 1 aliphatic rings. The lowest BCUT2D eigenvalue weighted by molar-refractivity contribution is -0.139. The van der Waals surface area contributed by atoms with Gasteiger partial charge in [-0.1, -0.05) is 12.1 Å². The van der Waals surface area contributed by atoms with Crippen molar-refractivity contribution in [1.29, 1.82) is 0 Å². The first-order chi connectivity index (χ1) is 9.82. The average Bonchev–Trinajstić information content (AvgIpc) is 2.61. The summed E-state index contributed by atoms with van der Waals surface area (Å²) in [5, 5.41) is 9.95. The molecule has 0 aromatic heterocycles. The summed E-state index contributed by atoms with van der Waals surface area (Å²) in [5.41, 5.74) is 0.551. The molecule has 0 aliphatic carbocycles. The van der Waals surface area contributed by atoms with Gasteiger partial charge in [0.05, 0.1) is 11.7 Å². The van der Waals surface area contributed by atoms with E-state index in [1.54, 1.807) is 38.1 Å². The van der Waals surface area contributed by atoms with Crippen molar-refractivity contribution in [1.82, 2.24) is 4.90 Å². The molecule has 0 unspecified atom stereocenters. The molecule has 112 valence electrons. The number of carbonyl (C=O) groups excluding carboxylic acids is 2. The van der Waals surface area contributed by atoms with Gasteiger partial charge in [-0.2, -0.15) is 0 Å². The van der Waals surface area contributed by atoms with Crippen molar-refractivity contribution >= 4 is 17.4 Å². The number of carbonyl (C=O) groups is 2. The number of aliphatic hydroxyl groups is 1. The summed E-state index contributed by atoms with van der Waals surface area (Å²) in [6, 6.07) is 6.46. The Morgan fingerprint density at radius 3 is 2.00 bits per heavy atom. The van der Waals surface area contributed by atoms with E-state index in [1.807, 2.05) is 13.8 Å². The minimum atomic E-state index is -0.646. The Morgan fingerprint density at radius 1 is 1.00 bits per heavy atom. The Hall–Kier alpha value is -2.30. The van der Waals surface area contributed by atoms with Gasteiger partial charge in [0, 0.05) is 6.04 Å². The third kappa shape index (κ3) is 2.77. The van der Waals surface area contributed by atoms with Crippen LogP contribution in [-0.4, -0.2) is 34.0 Å². The van der Waals surface area contributed by atoms with E-state index in [2.05, 4.69) is 0 Å². The molecule has 5 heteroatoms. The number of nitrogens with zero attached hydrogens (tertiary/aromatic N) is 1. The van der Waals surface area contributed by atoms with Crippen molar-refractivity contribution in [2.45, 2.75) is 39.8 Å². The fourth-order valence-electron chi connectivity index (χ4n) is 2.24. The molecule has 2 rings (SSSR count). The Kier molecular flexibility index (Phi) is 4.02. The SMILES string of the molecule is CC(C)Oc1ccc(C2=C(O)C(=O)N(C(C)C)C2=O)cc1. The van der Waals surface area contributed by atoms with Crippen molar-refractivity contribution < 1.29 is 19.4 Å². The highest BCUT2D eigenvalue weighted by Gasteiger charge is 2.40. The molecule has 1 aliphatic heterocycles. The van der Waals surface area contributed by atoms with Crippen molar-refractivity contribution in [3.63, 3.8) is 0 Å². The second kappa shape index (κ2) is 5.60. The van der Waals surface area contributed by atoms with Crippen LogP contribution in [0.25, 0.3) is 5.57 Å². The molecule has 1 aromatic carbocycles. The molecule has 0 bridgehead atoms. The molecular formula is C16H19NO4.